The predicted molar refractivity (Wildman–Crippen MR) is 71.4 cm³/mol. The lowest BCUT2D eigenvalue weighted by molar-refractivity contribution is -0.138. The molecule has 0 amide bonds. The summed E-state index contributed by atoms with van der Waals surface area (Å²) in [6.07, 6.45) is 0. The van der Waals surface area contributed by atoms with E-state index in [0.717, 1.165) is 22.2 Å². The Balaban J connectivity index is 2.79. The molecule has 0 saturated carbocycles. The number of pyridine rings is 1. The van der Waals surface area contributed by atoms with Gasteiger partial charge in [0.1, 0.15) is 0 Å². The molecule has 0 aliphatic carbocycles. The first-order chi connectivity index (χ1) is 8.84. The molecule has 2 aromatic heterocycles. The van der Waals surface area contributed by atoms with Crippen molar-refractivity contribution < 1.29 is 14.4 Å². The highest BCUT2D eigenvalue weighted by atomic mass is 16.5. The molecule has 0 spiro atoms. The number of carboxylic acid groups (broad SMARTS) is 1. The third kappa shape index (κ3) is 2.09. The first-order valence-corrected chi connectivity index (χ1v) is 6.33. The SMILES string of the molecule is Cc1nc2onc(C(C)C)c2c(C)c1C(C)C(=O)O. The summed E-state index contributed by atoms with van der Waals surface area (Å²) in [7, 11) is 0. The summed E-state index contributed by atoms with van der Waals surface area (Å²) in [4.78, 5) is 15.6. The van der Waals surface area contributed by atoms with Crippen LogP contribution in [0.1, 0.15) is 55.1 Å². The standard InChI is InChI=1S/C14H18N2O3/c1-6(2)12-11-7(3)10(8(4)14(17)18)9(5)15-13(11)19-16-12/h6,8H,1-5H3,(H,17,18). The van der Waals surface area contributed by atoms with Gasteiger partial charge in [0, 0.05) is 5.69 Å². The van der Waals surface area contributed by atoms with E-state index in [-0.39, 0.29) is 5.92 Å². The van der Waals surface area contributed by atoms with Crippen molar-refractivity contribution in [3.63, 3.8) is 0 Å². The summed E-state index contributed by atoms with van der Waals surface area (Å²) in [5.41, 5.74) is 3.66. The van der Waals surface area contributed by atoms with Crippen molar-refractivity contribution >= 4 is 17.1 Å². The van der Waals surface area contributed by atoms with E-state index in [1.165, 1.54) is 0 Å². The Morgan fingerprint density at radius 2 is 1.89 bits per heavy atom. The molecule has 102 valence electrons. The van der Waals surface area contributed by atoms with Gasteiger partial charge in [0.2, 0.25) is 0 Å². The van der Waals surface area contributed by atoms with E-state index in [2.05, 4.69) is 10.1 Å². The maximum Gasteiger partial charge on any atom is 0.310 e. The van der Waals surface area contributed by atoms with Crippen LogP contribution in [0.4, 0.5) is 0 Å². The van der Waals surface area contributed by atoms with Crippen LogP contribution in [0.3, 0.4) is 0 Å². The molecule has 1 N–H and O–H groups in total. The monoisotopic (exact) mass is 262 g/mol. The minimum atomic E-state index is -0.852. The zero-order valence-corrected chi connectivity index (χ0v) is 11.8. The molecule has 1 unspecified atom stereocenters. The number of fused-ring (bicyclic) bond motifs is 1. The summed E-state index contributed by atoms with van der Waals surface area (Å²) in [5, 5.41) is 14.1. The van der Waals surface area contributed by atoms with Crippen LogP contribution in [0.25, 0.3) is 11.1 Å². The fourth-order valence-electron chi connectivity index (χ4n) is 2.50. The van der Waals surface area contributed by atoms with E-state index in [9.17, 15) is 9.90 Å². The molecule has 2 heterocycles. The van der Waals surface area contributed by atoms with Crippen molar-refractivity contribution in [1.29, 1.82) is 0 Å². The number of nitrogens with zero attached hydrogens (tertiary/aromatic N) is 2. The van der Waals surface area contributed by atoms with Crippen LogP contribution in [0.5, 0.6) is 0 Å². The molecule has 5 nitrogen and oxygen atoms in total. The number of aryl methyl sites for hydroxylation is 2. The molecule has 0 bridgehead atoms. The van der Waals surface area contributed by atoms with Gasteiger partial charge in [0.15, 0.2) is 0 Å². The summed E-state index contributed by atoms with van der Waals surface area (Å²) < 4.78 is 5.26. The second-order valence-corrected chi connectivity index (χ2v) is 5.20. The van der Waals surface area contributed by atoms with Crippen molar-refractivity contribution in [3.05, 3.63) is 22.5 Å². The van der Waals surface area contributed by atoms with Gasteiger partial charge < -0.3 is 9.63 Å². The zero-order valence-electron chi connectivity index (χ0n) is 11.8. The van der Waals surface area contributed by atoms with Crippen LogP contribution in [0.2, 0.25) is 0 Å². The van der Waals surface area contributed by atoms with Gasteiger partial charge in [0.05, 0.1) is 17.0 Å². The third-order valence-electron chi connectivity index (χ3n) is 3.49. The van der Waals surface area contributed by atoms with Crippen molar-refractivity contribution in [2.45, 2.75) is 46.5 Å². The van der Waals surface area contributed by atoms with Crippen molar-refractivity contribution in [3.8, 4) is 0 Å². The molecule has 2 aromatic rings. The topological polar surface area (TPSA) is 76.2 Å². The van der Waals surface area contributed by atoms with Crippen LogP contribution < -0.4 is 0 Å². The van der Waals surface area contributed by atoms with E-state index in [1.807, 2.05) is 20.8 Å². The lowest BCUT2D eigenvalue weighted by Crippen LogP contribution is -2.12. The summed E-state index contributed by atoms with van der Waals surface area (Å²) in [5.74, 6) is -1.24. The van der Waals surface area contributed by atoms with Gasteiger partial charge in [0.25, 0.3) is 5.71 Å². The van der Waals surface area contributed by atoms with Crippen LogP contribution >= 0.6 is 0 Å². The Hall–Kier alpha value is -1.91. The normalized spacial score (nSPS) is 13.2. The van der Waals surface area contributed by atoms with Gasteiger partial charge in [-0.3, -0.25) is 4.79 Å². The molecule has 1 atom stereocenters. The summed E-state index contributed by atoms with van der Waals surface area (Å²) in [6.45, 7) is 9.44. The quantitative estimate of drug-likeness (QED) is 0.919. The predicted octanol–water partition coefficient (Wildman–Crippen LogP) is 3.15. The third-order valence-corrected chi connectivity index (χ3v) is 3.49. The van der Waals surface area contributed by atoms with Crippen molar-refractivity contribution in [1.82, 2.24) is 10.1 Å². The Bertz CT molecular complexity index is 644. The first kappa shape index (κ1) is 13.5. The Labute approximate surface area is 111 Å². The lowest BCUT2D eigenvalue weighted by atomic mass is 9.92. The molecule has 0 aromatic carbocycles. The van der Waals surface area contributed by atoms with Gasteiger partial charge in [-0.2, -0.15) is 0 Å². The Morgan fingerprint density at radius 3 is 2.42 bits per heavy atom. The largest absolute Gasteiger partial charge is 0.481 e. The molecule has 0 aliphatic rings. The van der Waals surface area contributed by atoms with Gasteiger partial charge >= 0.3 is 5.97 Å². The Kier molecular flexibility index (Phi) is 3.30. The van der Waals surface area contributed by atoms with Crippen LogP contribution in [-0.4, -0.2) is 21.2 Å². The molecular weight excluding hydrogens is 244 g/mol. The van der Waals surface area contributed by atoms with Crippen LogP contribution in [-0.2, 0) is 4.79 Å². The highest BCUT2D eigenvalue weighted by molar-refractivity contribution is 5.85. The fraction of sp³-hybridized carbons (Fsp3) is 0.500. The molecule has 5 heteroatoms. The highest BCUT2D eigenvalue weighted by Crippen LogP contribution is 2.33. The van der Waals surface area contributed by atoms with Crippen LogP contribution in [0, 0.1) is 13.8 Å². The Morgan fingerprint density at radius 1 is 1.26 bits per heavy atom. The maximum atomic E-state index is 11.2. The smallest absolute Gasteiger partial charge is 0.310 e. The average molecular weight is 262 g/mol. The minimum Gasteiger partial charge on any atom is -0.481 e. The van der Waals surface area contributed by atoms with Crippen LogP contribution in [0.15, 0.2) is 4.52 Å². The number of aliphatic carboxylic acids is 1. The first-order valence-electron chi connectivity index (χ1n) is 6.33. The van der Waals surface area contributed by atoms with Gasteiger partial charge in [-0.15, -0.1) is 0 Å². The van der Waals surface area contributed by atoms with Gasteiger partial charge in [-0.05, 0) is 37.8 Å². The molecule has 0 radical (unpaired) electrons. The number of carbonyl (C=O) groups is 1. The van der Waals surface area contributed by atoms with E-state index in [0.29, 0.717) is 11.4 Å². The number of carboxylic acids is 1. The molecule has 0 aliphatic heterocycles. The summed E-state index contributed by atoms with van der Waals surface area (Å²) >= 11 is 0. The number of hydrogen-bond donors (Lipinski definition) is 1. The van der Waals surface area contributed by atoms with Gasteiger partial charge in [-0.1, -0.05) is 19.0 Å². The molecular formula is C14H18N2O3. The summed E-state index contributed by atoms with van der Waals surface area (Å²) in [6, 6.07) is 0. The van der Waals surface area contributed by atoms with E-state index < -0.39 is 11.9 Å². The molecule has 0 saturated heterocycles. The maximum absolute atomic E-state index is 11.2. The van der Waals surface area contributed by atoms with Gasteiger partial charge in [-0.25, -0.2) is 4.98 Å². The average Bonchev–Trinajstić information content (AvgIpc) is 2.72. The minimum absolute atomic E-state index is 0.206. The second-order valence-electron chi connectivity index (χ2n) is 5.20. The molecule has 2 rings (SSSR count). The van der Waals surface area contributed by atoms with Crippen molar-refractivity contribution in [2.24, 2.45) is 0 Å². The van der Waals surface area contributed by atoms with Crippen molar-refractivity contribution in [2.75, 3.05) is 0 Å². The number of aromatic nitrogens is 2. The van der Waals surface area contributed by atoms with E-state index in [4.69, 9.17) is 4.52 Å². The second kappa shape index (κ2) is 4.64. The molecule has 0 fully saturated rings. The lowest BCUT2D eigenvalue weighted by Gasteiger charge is -2.14. The van der Waals surface area contributed by atoms with E-state index in [1.54, 1.807) is 13.8 Å². The zero-order chi connectivity index (χ0) is 14.3. The molecule has 19 heavy (non-hydrogen) atoms. The number of hydrogen-bond acceptors (Lipinski definition) is 4. The number of rotatable bonds is 3. The highest BCUT2D eigenvalue weighted by Gasteiger charge is 2.24. The fourth-order valence-corrected chi connectivity index (χ4v) is 2.50. The van der Waals surface area contributed by atoms with E-state index >= 15 is 0 Å².